The fourth-order valence-corrected chi connectivity index (χ4v) is 5.60. The average Bonchev–Trinajstić information content (AvgIpc) is 2.60. The molecule has 4 aliphatic rings. The molecule has 0 unspecified atom stereocenters. The van der Waals surface area contributed by atoms with Crippen molar-refractivity contribution in [3.8, 4) is 5.75 Å². The number of hydrogen-bond acceptors (Lipinski definition) is 4. The largest absolute Gasteiger partial charge is 0.455 e. The van der Waals surface area contributed by atoms with E-state index in [1.165, 1.54) is 37.5 Å². The smallest absolute Gasteiger partial charge is 0.387 e. The third-order valence-electron chi connectivity index (χ3n) is 6.18. The summed E-state index contributed by atoms with van der Waals surface area (Å²) in [5, 5.41) is 2.47. The maximum absolute atomic E-state index is 12.7. The van der Waals surface area contributed by atoms with Gasteiger partial charge in [0.05, 0.1) is 11.1 Å². The molecule has 1 aromatic rings. The third-order valence-corrected chi connectivity index (χ3v) is 6.18. The van der Waals surface area contributed by atoms with Gasteiger partial charge in [-0.3, -0.25) is 9.59 Å². The molecular weight excluding hydrogens is 356 g/mol. The molecule has 4 aliphatic carbocycles. The van der Waals surface area contributed by atoms with Crippen LogP contribution in [0.4, 0.5) is 14.5 Å². The third kappa shape index (κ3) is 3.77. The normalized spacial score (nSPS) is 31.0. The molecule has 7 heteroatoms. The van der Waals surface area contributed by atoms with Gasteiger partial charge in [-0.1, -0.05) is 12.1 Å². The van der Waals surface area contributed by atoms with Crippen LogP contribution in [-0.2, 0) is 14.3 Å². The van der Waals surface area contributed by atoms with Gasteiger partial charge in [0.2, 0.25) is 0 Å². The topological polar surface area (TPSA) is 64.6 Å². The highest BCUT2D eigenvalue weighted by atomic mass is 19.3. The Bertz CT molecular complexity index is 701. The SMILES string of the molecule is O=C(COC(=O)C12CC3CC(CC(C3)C1)C2)Nc1ccccc1OC(F)F. The molecule has 1 N–H and O–H groups in total. The Labute approximate surface area is 156 Å². The second-order valence-corrected chi connectivity index (χ2v) is 8.20. The van der Waals surface area contributed by atoms with E-state index >= 15 is 0 Å². The summed E-state index contributed by atoms with van der Waals surface area (Å²) in [5.41, 5.74) is -0.306. The number of carbonyl (C=O) groups is 2. The second kappa shape index (κ2) is 7.09. The Morgan fingerprint density at radius 1 is 1.07 bits per heavy atom. The van der Waals surface area contributed by atoms with Gasteiger partial charge in [0.25, 0.3) is 5.91 Å². The predicted molar refractivity (Wildman–Crippen MR) is 93.3 cm³/mol. The van der Waals surface area contributed by atoms with Crippen LogP contribution in [0.1, 0.15) is 38.5 Å². The van der Waals surface area contributed by atoms with E-state index in [-0.39, 0.29) is 17.4 Å². The molecule has 1 amide bonds. The zero-order chi connectivity index (χ0) is 19.0. The molecule has 0 aromatic heterocycles. The summed E-state index contributed by atoms with van der Waals surface area (Å²) >= 11 is 0. The molecular formula is C20H23F2NO4. The minimum atomic E-state index is -2.99. The molecule has 4 saturated carbocycles. The first kappa shape index (κ1) is 18.2. The lowest BCUT2D eigenvalue weighted by Crippen LogP contribution is -2.50. The van der Waals surface area contributed by atoms with E-state index in [9.17, 15) is 18.4 Å². The highest BCUT2D eigenvalue weighted by molar-refractivity contribution is 5.94. The van der Waals surface area contributed by atoms with Crippen LogP contribution in [0.15, 0.2) is 24.3 Å². The summed E-state index contributed by atoms with van der Waals surface area (Å²) in [7, 11) is 0. The maximum Gasteiger partial charge on any atom is 0.387 e. The Hall–Kier alpha value is -2.18. The molecule has 0 saturated heterocycles. The van der Waals surface area contributed by atoms with Crippen molar-refractivity contribution >= 4 is 17.6 Å². The van der Waals surface area contributed by atoms with E-state index in [0.29, 0.717) is 17.8 Å². The number of amides is 1. The van der Waals surface area contributed by atoms with E-state index < -0.39 is 24.5 Å². The number of anilines is 1. The quantitative estimate of drug-likeness (QED) is 0.759. The summed E-state index contributed by atoms with van der Waals surface area (Å²) in [6.07, 6.45) is 6.25. The lowest BCUT2D eigenvalue weighted by molar-refractivity contribution is -0.172. The number of esters is 1. The molecule has 4 bridgehead atoms. The number of alkyl halides is 2. The van der Waals surface area contributed by atoms with Gasteiger partial charge < -0.3 is 14.8 Å². The van der Waals surface area contributed by atoms with Crippen molar-refractivity contribution in [2.75, 3.05) is 11.9 Å². The molecule has 5 nitrogen and oxygen atoms in total. The predicted octanol–water partition coefficient (Wildman–Crippen LogP) is 3.99. The Balaban J connectivity index is 1.34. The summed E-state index contributed by atoms with van der Waals surface area (Å²) in [4.78, 5) is 24.9. The number of hydrogen-bond donors (Lipinski definition) is 1. The van der Waals surface area contributed by atoms with Crippen LogP contribution < -0.4 is 10.1 Å². The van der Waals surface area contributed by atoms with Crippen LogP contribution >= 0.6 is 0 Å². The minimum Gasteiger partial charge on any atom is -0.455 e. The number of benzene rings is 1. The fraction of sp³-hybridized carbons (Fsp3) is 0.600. The molecule has 4 fully saturated rings. The molecule has 0 spiro atoms. The van der Waals surface area contributed by atoms with Crippen LogP contribution in [0, 0.1) is 23.2 Å². The first-order valence-electron chi connectivity index (χ1n) is 9.44. The molecule has 0 aliphatic heterocycles. The van der Waals surface area contributed by atoms with Gasteiger partial charge in [-0.05, 0) is 68.4 Å². The van der Waals surface area contributed by atoms with Crippen LogP contribution in [0.2, 0.25) is 0 Å². The Kier molecular flexibility index (Phi) is 4.78. The van der Waals surface area contributed by atoms with Crippen LogP contribution in [0.5, 0.6) is 5.75 Å². The van der Waals surface area contributed by atoms with Gasteiger partial charge in [-0.15, -0.1) is 0 Å². The summed E-state index contributed by atoms with van der Waals surface area (Å²) < 4.78 is 34.6. The average molecular weight is 379 g/mol. The monoisotopic (exact) mass is 379 g/mol. The van der Waals surface area contributed by atoms with Crippen molar-refractivity contribution in [3.05, 3.63) is 24.3 Å². The number of para-hydroxylation sites is 2. The van der Waals surface area contributed by atoms with Gasteiger partial charge in [-0.25, -0.2) is 0 Å². The maximum atomic E-state index is 12.7. The van der Waals surface area contributed by atoms with Crippen molar-refractivity contribution in [1.82, 2.24) is 0 Å². The van der Waals surface area contributed by atoms with Crippen LogP contribution in [-0.4, -0.2) is 25.1 Å². The molecule has 27 heavy (non-hydrogen) atoms. The van der Waals surface area contributed by atoms with Gasteiger partial charge >= 0.3 is 12.6 Å². The van der Waals surface area contributed by atoms with Crippen LogP contribution in [0.25, 0.3) is 0 Å². The van der Waals surface area contributed by atoms with Gasteiger partial charge in [0, 0.05) is 0 Å². The zero-order valence-corrected chi connectivity index (χ0v) is 15.0. The lowest BCUT2D eigenvalue weighted by Gasteiger charge is -2.55. The lowest BCUT2D eigenvalue weighted by atomic mass is 9.49. The molecule has 5 rings (SSSR count). The summed E-state index contributed by atoms with van der Waals surface area (Å²) in [6, 6.07) is 5.91. The highest BCUT2D eigenvalue weighted by Gasteiger charge is 2.55. The summed E-state index contributed by atoms with van der Waals surface area (Å²) in [6.45, 7) is -3.42. The van der Waals surface area contributed by atoms with E-state index in [1.807, 2.05) is 0 Å². The van der Waals surface area contributed by atoms with Crippen molar-refractivity contribution < 1.29 is 27.8 Å². The Morgan fingerprint density at radius 3 is 2.26 bits per heavy atom. The van der Waals surface area contributed by atoms with Crippen molar-refractivity contribution in [2.45, 2.75) is 45.1 Å². The molecule has 0 heterocycles. The highest BCUT2D eigenvalue weighted by Crippen LogP contribution is 2.60. The van der Waals surface area contributed by atoms with Gasteiger partial charge in [0.15, 0.2) is 6.61 Å². The first-order chi connectivity index (χ1) is 12.9. The van der Waals surface area contributed by atoms with Crippen molar-refractivity contribution in [3.63, 3.8) is 0 Å². The molecule has 0 atom stereocenters. The second-order valence-electron chi connectivity index (χ2n) is 8.20. The molecule has 146 valence electrons. The Morgan fingerprint density at radius 2 is 1.67 bits per heavy atom. The number of rotatable bonds is 6. The number of halogens is 2. The molecule has 1 aromatic carbocycles. The molecule has 0 radical (unpaired) electrons. The number of nitrogens with one attached hydrogen (secondary N) is 1. The van der Waals surface area contributed by atoms with Crippen molar-refractivity contribution in [1.29, 1.82) is 0 Å². The van der Waals surface area contributed by atoms with E-state index in [0.717, 1.165) is 19.3 Å². The van der Waals surface area contributed by atoms with Crippen molar-refractivity contribution in [2.24, 2.45) is 23.2 Å². The van der Waals surface area contributed by atoms with E-state index in [4.69, 9.17) is 4.74 Å². The number of ether oxygens (including phenoxy) is 2. The zero-order valence-electron chi connectivity index (χ0n) is 15.0. The van der Waals surface area contributed by atoms with Gasteiger partial charge in [0.1, 0.15) is 5.75 Å². The van der Waals surface area contributed by atoms with Crippen LogP contribution in [0.3, 0.4) is 0 Å². The number of carbonyl (C=O) groups excluding carboxylic acids is 2. The first-order valence-corrected chi connectivity index (χ1v) is 9.44. The fourth-order valence-electron chi connectivity index (χ4n) is 5.60. The van der Waals surface area contributed by atoms with E-state index in [1.54, 1.807) is 6.07 Å². The van der Waals surface area contributed by atoms with Gasteiger partial charge in [-0.2, -0.15) is 8.78 Å². The minimum absolute atomic E-state index is 0.119. The van der Waals surface area contributed by atoms with E-state index in [2.05, 4.69) is 10.1 Å². The summed E-state index contributed by atoms with van der Waals surface area (Å²) in [5.74, 6) is 0.837. The standard InChI is InChI=1S/C20H23F2NO4/c21-19(22)27-16-4-2-1-3-15(16)23-17(24)11-26-18(25)20-8-12-5-13(9-20)7-14(6-12)10-20/h1-4,12-14,19H,5-11H2,(H,23,24).